The number of benzene rings is 1. The van der Waals surface area contributed by atoms with Gasteiger partial charge in [0.05, 0.1) is 17.5 Å². The third-order valence-electron chi connectivity index (χ3n) is 2.70. The van der Waals surface area contributed by atoms with Gasteiger partial charge < -0.3 is 15.4 Å². The minimum atomic E-state index is -0.408. The molecule has 18 heavy (non-hydrogen) atoms. The van der Waals surface area contributed by atoms with Crippen LogP contribution in [-0.2, 0) is 0 Å². The Kier molecular flexibility index (Phi) is 5.25. The molecule has 1 rings (SSSR count). The van der Waals surface area contributed by atoms with E-state index in [2.05, 4.69) is 6.92 Å². The largest absolute Gasteiger partial charge is 0.488 e. The number of nitrogens with zero attached hydrogens (tertiary/aromatic N) is 1. The first-order chi connectivity index (χ1) is 8.45. The molecule has 0 saturated heterocycles. The topological polar surface area (TPSA) is 38.5 Å². The van der Waals surface area contributed by atoms with E-state index in [4.69, 9.17) is 10.5 Å². The number of halogens is 1. The molecule has 0 aliphatic rings. The molecule has 1 aromatic carbocycles. The summed E-state index contributed by atoms with van der Waals surface area (Å²) in [7, 11) is 1.96. The monoisotopic (exact) mass is 254 g/mol. The van der Waals surface area contributed by atoms with E-state index >= 15 is 0 Å². The van der Waals surface area contributed by atoms with Gasteiger partial charge in [-0.1, -0.05) is 13.3 Å². The molecule has 0 fully saturated rings. The number of ether oxygens (including phenoxy) is 1. The minimum absolute atomic E-state index is 0.0584. The SMILES string of the molecule is CCCCN(C)c1cc(OC(C)C)c(F)cc1N. The summed E-state index contributed by atoms with van der Waals surface area (Å²) in [5.74, 6) is -0.147. The predicted molar refractivity (Wildman–Crippen MR) is 74.8 cm³/mol. The third kappa shape index (κ3) is 3.79. The van der Waals surface area contributed by atoms with Crippen LogP contribution in [0.1, 0.15) is 33.6 Å². The van der Waals surface area contributed by atoms with Crippen LogP contribution in [-0.4, -0.2) is 19.7 Å². The molecule has 0 saturated carbocycles. The van der Waals surface area contributed by atoms with Gasteiger partial charge in [-0.15, -0.1) is 0 Å². The molecule has 0 radical (unpaired) electrons. The van der Waals surface area contributed by atoms with Crippen LogP contribution >= 0.6 is 0 Å². The standard InChI is InChI=1S/C14H23FN2O/c1-5-6-7-17(4)13-9-14(18-10(2)3)11(15)8-12(13)16/h8-10H,5-7,16H2,1-4H3. The van der Waals surface area contributed by atoms with Crippen molar-refractivity contribution in [2.45, 2.75) is 39.7 Å². The number of anilines is 2. The summed E-state index contributed by atoms with van der Waals surface area (Å²) < 4.78 is 19.1. The van der Waals surface area contributed by atoms with Crippen molar-refractivity contribution in [2.75, 3.05) is 24.2 Å². The second kappa shape index (κ2) is 6.47. The van der Waals surface area contributed by atoms with Crippen molar-refractivity contribution >= 4 is 11.4 Å². The first kappa shape index (κ1) is 14.6. The summed E-state index contributed by atoms with van der Waals surface area (Å²) in [5.41, 5.74) is 7.12. The van der Waals surface area contributed by atoms with Crippen LogP contribution in [0, 0.1) is 5.82 Å². The highest BCUT2D eigenvalue weighted by atomic mass is 19.1. The van der Waals surface area contributed by atoms with Crippen molar-refractivity contribution in [1.29, 1.82) is 0 Å². The molecular weight excluding hydrogens is 231 g/mol. The Hall–Kier alpha value is -1.45. The van der Waals surface area contributed by atoms with Gasteiger partial charge in [0.1, 0.15) is 0 Å². The molecule has 0 atom stereocenters. The Morgan fingerprint density at radius 3 is 2.61 bits per heavy atom. The minimum Gasteiger partial charge on any atom is -0.488 e. The van der Waals surface area contributed by atoms with Crippen molar-refractivity contribution in [3.63, 3.8) is 0 Å². The van der Waals surface area contributed by atoms with Crippen LogP contribution in [0.25, 0.3) is 0 Å². The molecular formula is C14H23FN2O. The first-order valence-electron chi connectivity index (χ1n) is 6.42. The zero-order valence-corrected chi connectivity index (χ0v) is 11.7. The summed E-state index contributed by atoms with van der Waals surface area (Å²) in [5, 5.41) is 0. The average Bonchev–Trinajstić information content (AvgIpc) is 2.29. The van der Waals surface area contributed by atoms with Gasteiger partial charge in [-0.3, -0.25) is 0 Å². The quantitative estimate of drug-likeness (QED) is 0.790. The first-order valence-corrected chi connectivity index (χ1v) is 6.42. The maximum atomic E-state index is 13.7. The Morgan fingerprint density at radius 1 is 1.39 bits per heavy atom. The molecule has 2 N–H and O–H groups in total. The zero-order valence-electron chi connectivity index (χ0n) is 11.7. The number of nitrogen functional groups attached to an aromatic ring is 1. The van der Waals surface area contributed by atoms with E-state index in [0.29, 0.717) is 5.69 Å². The maximum absolute atomic E-state index is 13.7. The Balaban J connectivity index is 2.96. The fourth-order valence-electron chi connectivity index (χ4n) is 1.75. The van der Waals surface area contributed by atoms with E-state index in [-0.39, 0.29) is 11.9 Å². The van der Waals surface area contributed by atoms with Gasteiger partial charge in [-0.05, 0) is 20.3 Å². The fourth-order valence-corrected chi connectivity index (χ4v) is 1.75. The van der Waals surface area contributed by atoms with Crippen molar-refractivity contribution in [1.82, 2.24) is 0 Å². The lowest BCUT2D eigenvalue weighted by Gasteiger charge is -2.22. The number of rotatable bonds is 6. The van der Waals surface area contributed by atoms with Gasteiger partial charge in [-0.25, -0.2) is 4.39 Å². The van der Waals surface area contributed by atoms with Crippen LogP contribution in [0.15, 0.2) is 12.1 Å². The molecule has 0 aliphatic heterocycles. The Labute approximate surface area is 109 Å². The van der Waals surface area contributed by atoms with Crippen molar-refractivity contribution in [3.05, 3.63) is 17.9 Å². The lowest BCUT2D eigenvalue weighted by atomic mass is 10.2. The molecule has 1 aromatic rings. The van der Waals surface area contributed by atoms with E-state index in [0.717, 1.165) is 25.1 Å². The van der Waals surface area contributed by atoms with Gasteiger partial charge in [-0.2, -0.15) is 0 Å². The molecule has 0 spiro atoms. The van der Waals surface area contributed by atoms with Crippen LogP contribution < -0.4 is 15.4 Å². The normalized spacial score (nSPS) is 10.8. The molecule has 0 aliphatic carbocycles. The predicted octanol–water partition coefficient (Wildman–Crippen LogP) is 3.43. The van der Waals surface area contributed by atoms with Gasteiger partial charge in [0.15, 0.2) is 11.6 Å². The van der Waals surface area contributed by atoms with E-state index in [9.17, 15) is 4.39 Å². The summed E-state index contributed by atoms with van der Waals surface area (Å²) in [6.07, 6.45) is 2.13. The maximum Gasteiger partial charge on any atom is 0.167 e. The summed E-state index contributed by atoms with van der Waals surface area (Å²) in [4.78, 5) is 2.03. The van der Waals surface area contributed by atoms with Crippen LogP contribution in [0.2, 0.25) is 0 Å². The van der Waals surface area contributed by atoms with Gasteiger partial charge in [0.2, 0.25) is 0 Å². The van der Waals surface area contributed by atoms with E-state index in [1.165, 1.54) is 6.07 Å². The van der Waals surface area contributed by atoms with Crippen LogP contribution in [0.3, 0.4) is 0 Å². The second-order valence-electron chi connectivity index (χ2n) is 4.78. The van der Waals surface area contributed by atoms with E-state index < -0.39 is 5.82 Å². The molecule has 0 amide bonds. The van der Waals surface area contributed by atoms with Gasteiger partial charge >= 0.3 is 0 Å². The molecule has 0 unspecified atom stereocenters. The summed E-state index contributed by atoms with van der Waals surface area (Å²) in [6, 6.07) is 3.01. The Morgan fingerprint density at radius 2 is 2.06 bits per heavy atom. The van der Waals surface area contributed by atoms with Gasteiger partial charge in [0.25, 0.3) is 0 Å². The molecule has 4 heteroatoms. The summed E-state index contributed by atoms with van der Waals surface area (Å²) >= 11 is 0. The number of hydrogen-bond acceptors (Lipinski definition) is 3. The number of hydrogen-bond donors (Lipinski definition) is 1. The van der Waals surface area contributed by atoms with E-state index in [1.807, 2.05) is 25.8 Å². The fraction of sp³-hybridized carbons (Fsp3) is 0.571. The average molecular weight is 254 g/mol. The third-order valence-corrected chi connectivity index (χ3v) is 2.70. The lowest BCUT2D eigenvalue weighted by Crippen LogP contribution is -2.20. The number of nitrogens with two attached hydrogens (primary N) is 1. The molecule has 0 bridgehead atoms. The van der Waals surface area contributed by atoms with Crippen LogP contribution in [0.5, 0.6) is 5.75 Å². The molecule has 3 nitrogen and oxygen atoms in total. The molecule has 0 aromatic heterocycles. The summed E-state index contributed by atoms with van der Waals surface area (Å²) in [6.45, 7) is 6.77. The van der Waals surface area contributed by atoms with Gasteiger partial charge in [0, 0.05) is 25.7 Å². The highest BCUT2D eigenvalue weighted by Crippen LogP contribution is 2.31. The van der Waals surface area contributed by atoms with Crippen molar-refractivity contribution < 1.29 is 9.13 Å². The zero-order chi connectivity index (χ0) is 13.7. The van der Waals surface area contributed by atoms with Crippen molar-refractivity contribution in [3.8, 4) is 5.75 Å². The second-order valence-corrected chi connectivity index (χ2v) is 4.78. The number of unbranched alkanes of at least 4 members (excludes halogenated alkanes) is 1. The molecule has 0 heterocycles. The van der Waals surface area contributed by atoms with Crippen molar-refractivity contribution in [2.24, 2.45) is 0 Å². The highest BCUT2D eigenvalue weighted by Gasteiger charge is 2.13. The molecule has 102 valence electrons. The highest BCUT2D eigenvalue weighted by molar-refractivity contribution is 5.69. The lowest BCUT2D eigenvalue weighted by molar-refractivity contribution is 0.231. The smallest absolute Gasteiger partial charge is 0.167 e. The Bertz CT molecular complexity index is 394. The van der Waals surface area contributed by atoms with Crippen LogP contribution in [0.4, 0.5) is 15.8 Å². The van der Waals surface area contributed by atoms with E-state index in [1.54, 1.807) is 6.07 Å².